The average Bonchev–Trinajstić information content (AvgIpc) is 2.56. The molecule has 0 amide bonds. The number of rotatable bonds is 2. The molecule has 0 spiro atoms. The molecule has 2 nitrogen and oxygen atoms in total. The van der Waals surface area contributed by atoms with E-state index in [0.717, 1.165) is 12.2 Å². The van der Waals surface area contributed by atoms with Gasteiger partial charge in [0.05, 0.1) is 13.2 Å². The van der Waals surface area contributed by atoms with Crippen LogP contribution in [0.4, 0.5) is 0 Å². The summed E-state index contributed by atoms with van der Waals surface area (Å²) in [5.41, 5.74) is 2.20. The van der Waals surface area contributed by atoms with Gasteiger partial charge in [-0.1, -0.05) is 6.08 Å². The van der Waals surface area contributed by atoms with E-state index in [1.54, 1.807) is 6.08 Å². The largest absolute Gasteiger partial charge is 0.376 e. The van der Waals surface area contributed by atoms with E-state index in [1.165, 1.54) is 5.57 Å². The summed E-state index contributed by atoms with van der Waals surface area (Å²) in [4.78, 5) is 11.4. The second-order valence-corrected chi connectivity index (χ2v) is 3.34. The van der Waals surface area contributed by atoms with E-state index in [2.05, 4.69) is 6.58 Å². The summed E-state index contributed by atoms with van der Waals surface area (Å²) in [6.45, 7) is 5.05. The molecule has 0 saturated carbocycles. The maximum Gasteiger partial charge on any atom is 0.159 e. The number of carbonyl (C=O) groups excluding carboxylic acids is 1. The lowest BCUT2D eigenvalue weighted by Gasteiger charge is -1.97. The van der Waals surface area contributed by atoms with Gasteiger partial charge in [-0.25, -0.2) is 0 Å². The van der Waals surface area contributed by atoms with Crippen molar-refractivity contribution in [3.05, 3.63) is 23.8 Å². The second kappa shape index (κ2) is 2.87. The summed E-state index contributed by atoms with van der Waals surface area (Å²) in [5.74, 6) is 0.700. The summed E-state index contributed by atoms with van der Waals surface area (Å²) in [6, 6.07) is 0. The molecule has 1 saturated heterocycles. The lowest BCUT2D eigenvalue weighted by atomic mass is 10.0. The molecular weight excluding hydrogens is 152 g/mol. The van der Waals surface area contributed by atoms with Crippen LogP contribution in [0.25, 0.3) is 0 Å². The number of Topliss-reactive ketones (excluding diaryl/α,β-unsaturated/α-hetero) is 1. The lowest BCUT2D eigenvalue weighted by Crippen LogP contribution is -2.01. The number of hydrogen-bond acceptors (Lipinski definition) is 2. The van der Waals surface area contributed by atoms with Gasteiger partial charge in [-0.2, -0.15) is 0 Å². The summed E-state index contributed by atoms with van der Waals surface area (Å²) < 4.78 is 5.29. The maximum absolute atomic E-state index is 11.4. The van der Waals surface area contributed by atoms with E-state index in [1.807, 2.05) is 0 Å². The van der Waals surface area contributed by atoms with Gasteiger partial charge >= 0.3 is 0 Å². The van der Waals surface area contributed by atoms with Crippen LogP contribution < -0.4 is 0 Å². The summed E-state index contributed by atoms with van der Waals surface area (Å²) >= 11 is 0. The van der Waals surface area contributed by atoms with Crippen molar-refractivity contribution in [1.82, 2.24) is 0 Å². The van der Waals surface area contributed by atoms with Crippen molar-refractivity contribution in [1.29, 1.82) is 0 Å². The van der Waals surface area contributed by atoms with Gasteiger partial charge in [0, 0.05) is 17.9 Å². The van der Waals surface area contributed by atoms with E-state index in [9.17, 15) is 4.79 Å². The maximum atomic E-state index is 11.4. The predicted octanol–water partition coefficient (Wildman–Crippen LogP) is 1.48. The number of carbonyl (C=O) groups is 1. The van der Waals surface area contributed by atoms with Gasteiger partial charge in [-0.3, -0.25) is 4.79 Å². The Hall–Kier alpha value is -0.890. The van der Waals surface area contributed by atoms with Crippen LogP contribution in [0, 0.1) is 5.92 Å². The minimum atomic E-state index is 0.304. The Bertz CT molecular complexity index is 263. The number of allylic oxidation sites excluding steroid dienone is 2. The molecule has 2 aliphatic rings. The molecule has 0 radical (unpaired) electrons. The van der Waals surface area contributed by atoms with Crippen LogP contribution in [0.5, 0.6) is 0 Å². The molecule has 0 bridgehead atoms. The van der Waals surface area contributed by atoms with Crippen LogP contribution in [0.3, 0.4) is 0 Å². The minimum absolute atomic E-state index is 0.304. The average molecular weight is 164 g/mol. The van der Waals surface area contributed by atoms with Crippen LogP contribution in [-0.4, -0.2) is 19.0 Å². The van der Waals surface area contributed by atoms with E-state index in [0.29, 0.717) is 31.1 Å². The third kappa shape index (κ3) is 1.03. The highest BCUT2D eigenvalue weighted by Gasteiger charge is 2.34. The third-order valence-corrected chi connectivity index (χ3v) is 2.57. The van der Waals surface area contributed by atoms with Crippen LogP contribution in [0.15, 0.2) is 23.8 Å². The number of ether oxygens (including phenoxy) is 1. The van der Waals surface area contributed by atoms with Crippen molar-refractivity contribution in [3.8, 4) is 0 Å². The summed E-state index contributed by atoms with van der Waals surface area (Å²) in [6.07, 6.45) is 3.17. The molecule has 0 N–H and O–H groups in total. The first kappa shape index (κ1) is 7.74. The first-order valence-corrected chi connectivity index (χ1v) is 4.26. The quantitative estimate of drug-likeness (QED) is 0.578. The molecule has 1 aliphatic heterocycles. The van der Waals surface area contributed by atoms with Crippen molar-refractivity contribution < 1.29 is 9.53 Å². The van der Waals surface area contributed by atoms with Gasteiger partial charge in [0.1, 0.15) is 0 Å². The van der Waals surface area contributed by atoms with Crippen molar-refractivity contribution >= 4 is 5.78 Å². The Morgan fingerprint density at radius 3 is 3.25 bits per heavy atom. The molecule has 12 heavy (non-hydrogen) atoms. The van der Waals surface area contributed by atoms with Crippen molar-refractivity contribution in [2.24, 2.45) is 5.92 Å². The topological polar surface area (TPSA) is 26.3 Å². The van der Waals surface area contributed by atoms with Crippen LogP contribution in [0.1, 0.15) is 12.8 Å². The van der Waals surface area contributed by atoms with Crippen LogP contribution in [0.2, 0.25) is 0 Å². The van der Waals surface area contributed by atoms with Crippen molar-refractivity contribution in [3.63, 3.8) is 0 Å². The molecule has 1 unspecified atom stereocenters. The molecule has 1 atom stereocenters. The molecule has 64 valence electrons. The van der Waals surface area contributed by atoms with E-state index < -0.39 is 0 Å². The first-order valence-electron chi connectivity index (χ1n) is 4.26. The third-order valence-electron chi connectivity index (χ3n) is 2.57. The zero-order valence-corrected chi connectivity index (χ0v) is 7.01. The van der Waals surface area contributed by atoms with Gasteiger partial charge < -0.3 is 4.74 Å². The van der Waals surface area contributed by atoms with Gasteiger partial charge in [-0.15, -0.1) is 6.58 Å². The molecule has 1 heterocycles. The molecular formula is C10H12O2. The van der Waals surface area contributed by atoms with Gasteiger partial charge in [0.2, 0.25) is 0 Å². The zero-order chi connectivity index (χ0) is 8.55. The summed E-state index contributed by atoms with van der Waals surface area (Å²) in [7, 11) is 0. The zero-order valence-electron chi connectivity index (χ0n) is 7.01. The fourth-order valence-corrected chi connectivity index (χ4v) is 1.96. The fraction of sp³-hybridized carbons (Fsp3) is 0.500. The Morgan fingerprint density at radius 1 is 1.67 bits per heavy atom. The molecule has 0 aromatic carbocycles. The standard InChI is InChI=1S/C10H12O2/c1-2-3-8-9-6-12-5-7(9)4-10(8)11/h2,7H,1,3-6H2. The monoisotopic (exact) mass is 164 g/mol. The van der Waals surface area contributed by atoms with Crippen LogP contribution >= 0.6 is 0 Å². The highest BCUT2D eigenvalue weighted by molar-refractivity contribution is 5.99. The van der Waals surface area contributed by atoms with E-state index >= 15 is 0 Å². The summed E-state index contributed by atoms with van der Waals surface area (Å²) in [5, 5.41) is 0. The Kier molecular flexibility index (Phi) is 1.85. The van der Waals surface area contributed by atoms with Crippen molar-refractivity contribution in [2.45, 2.75) is 12.8 Å². The van der Waals surface area contributed by atoms with Gasteiger partial charge in [0.15, 0.2) is 5.78 Å². The Balaban J connectivity index is 2.29. The molecule has 0 aromatic rings. The fourth-order valence-electron chi connectivity index (χ4n) is 1.96. The Morgan fingerprint density at radius 2 is 2.50 bits per heavy atom. The van der Waals surface area contributed by atoms with E-state index in [-0.39, 0.29) is 0 Å². The Labute approximate surface area is 71.9 Å². The first-order chi connectivity index (χ1) is 5.83. The predicted molar refractivity (Wildman–Crippen MR) is 45.8 cm³/mol. The number of fused-ring (bicyclic) bond motifs is 1. The molecule has 1 fully saturated rings. The molecule has 2 rings (SSSR count). The second-order valence-electron chi connectivity index (χ2n) is 3.34. The smallest absolute Gasteiger partial charge is 0.159 e. The van der Waals surface area contributed by atoms with E-state index in [4.69, 9.17) is 4.74 Å². The van der Waals surface area contributed by atoms with Gasteiger partial charge in [0.25, 0.3) is 0 Å². The highest BCUT2D eigenvalue weighted by Crippen LogP contribution is 2.35. The highest BCUT2D eigenvalue weighted by atomic mass is 16.5. The molecule has 1 aliphatic carbocycles. The number of ketones is 1. The van der Waals surface area contributed by atoms with Crippen molar-refractivity contribution in [2.75, 3.05) is 13.2 Å². The molecule has 0 aromatic heterocycles. The SMILES string of the molecule is C=CCC1=C2COCC2CC1=O. The van der Waals surface area contributed by atoms with Gasteiger partial charge in [-0.05, 0) is 12.0 Å². The molecule has 2 heteroatoms. The minimum Gasteiger partial charge on any atom is -0.376 e. The number of hydrogen-bond donors (Lipinski definition) is 0. The normalized spacial score (nSPS) is 28.0. The van der Waals surface area contributed by atoms with Crippen LogP contribution in [-0.2, 0) is 9.53 Å². The lowest BCUT2D eigenvalue weighted by molar-refractivity contribution is -0.115.